The van der Waals surface area contributed by atoms with E-state index in [9.17, 15) is 22.4 Å². The zero-order chi connectivity index (χ0) is 18.2. The molecule has 0 fully saturated rings. The molecule has 25 heavy (non-hydrogen) atoms. The van der Waals surface area contributed by atoms with E-state index in [1.54, 1.807) is 0 Å². The fourth-order valence-electron chi connectivity index (χ4n) is 2.45. The Morgan fingerprint density at radius 2 is 2.16 bits per heavy atom. The van der Waals surface area contributed by atoms with E-state index in [1.165, 1.54) is 17.9 Å². The Morgan fingerprint density at radius 1 is 1.40 bits per heavy atom. The smallest absolute Gasteiger partial charge is 0.412 e. The van der Waals surface area contributed by atoms with Gasteiger partial charge in [-0.15, -0.1) is 0 Å². The Bertz CT molecular complexity index is 782. The monoisotopic (exact) mass is 359 g/mol. The number of hydrogen-bond donors (Lipinski definition) is 1. The van der Waals surface area contributed by atoms with Gasteiger partial charge in [0.05, 0.1) is 13.7 Å². The summed E-state index contributed by atoms with van der Waals surface area (Å²) in [5.74, 6) is -1.88. The Morgan fingerprint density at radius 3 is 2.76 bits per heavy atom. The quantitative estimate of drug-likeness (QED) is 0.852. The highest BCUT2D eigenvalue weighted by Gasteiger charge is 2.42. The summed E-state index contributed by atoms with van der Waals surface area (Å²) in [6, 6.07) is 1.64. The summed E-state index contributed by atoms with van der Waals surface area (Å²) >= 11 is 0. The first kappa shape index (κ1) is 17.1. The molecule has 2 aromatic rings. The number of methoxy groups -OCH3 is 1. The Balaban J connectivity index is 1.86. The third-order valence-electron chi connectivity index (χ3n) is 3.64. The van der Waals surface area contributed by atoms with Gasteiger partial charge in [0, 0.05) is 6.07 Å². The second-order valence-electron chi connectivity index (χ2n) is 5.28. The van der Waals surface area contributed by atoms with Gasteiger partial charge in [-0.3, -0.25) is 4.79 Å². The van der Waals surface area contributed by atoms with E-state index in [1.807, 2.05) is 5.32 Å². The average molecular weight is 359 g/mol. The highest BCUT2D eigenvalue weighted by Crippen LogP contribution is 2.34. The van der Waals surface area contributed by atoms with Crippen LogP contribution in [0.5, 0.6) is 11.6 Å². The van der Waals surface area contributed by atoms with Crippen molar-refractivity contribution in [1.82, 2.24) is 15.1 Å². The molecule has 0 bridgehead atoms. The summed E-state index contributed by atoms with van der Waals surface area (Å²) in [6.45, 7) is 0.801. The van der Waals surface area contributed by atoms with Crippen LogP contribution in [0.25, 0.3) is 0 Å². The second-order valence-corrected chi connectivity index (χ2v) is 5.28. The molecule has 134 valence electrons. The summed E-state index contributed by atoms with van der Waals surface area (Å²) in [6.07, 6.45) is -4.82. The van der Waals surface area contributed by atoms with Gasteiger partial charge in [0.15, 0.2) is 23.3 Å². The van der Waals surface area contributed by atoms with E-state index in [-0.39, 0.29) is 11.4 Å². The third-order valence-corrected chi connectivity index (χ3v) is 3.64. The number of fused-ring (bicyclic) bond motifs is 1. The lowest BCUT2D eigenvalue weighted by atomic mass is 10.1. The van der Waals surface area contributed by atoms with Crippen LogP contribution in [0.4, 0.5) is 17.6 Å². The van der Waals surface area contributed by atoms with Crippen LogP contribution in [-0.4, -0.2) is 35.6 Å². The molecule has 0 aliphatic carbocycles. The van der Waals surface area contributed by atoms with Gasteiger partial charge < -0.3 is 14.8 Å². The molecule has 0 saturated carbocycles. The standard InChI is InChI=1S/C15H13F4N3O3/c1-24-11-3-2-8(6-9(11)16)13(15(17,18)19)20-14(23)10-7-12-22(21-10)4-5-25-12/h2-3,6-7,13H,4-5H2,1H3,(H,20,23). The predicted molar refractivity (Wildman–Crippen MR) is 76.9 cm³/mol. The van der Waals surface area contributed by atoms with Crippen molar-refractivity contribution in [2.24, 2.45) is 0 Å². The molecule has 1 aliphatic rings. The Labute approximate surface area is 139 Å². The summed E-state index contributed by atoms with van der Waals surface area (Å²) in [4.78, 5) is 12.1. The maximum absolute atomic E-state index is 13.7. The number of hydrogen-bond acceptors (Lipinski definition) is 4. The van der Waals surface area contributed by atoms with Gasteiger partial charge in [-0.2, -0.15) is 18.3 Å². The van der Waals surface area contributed by atoms with Crippen molar-refractivity contribution < 1.29 is 31.8 Å². The second kappa shape index (κ2) is 6.26. The molecule has 1 atom stereocenters. The minimum absolute atomic E-state index is 0.196. The maximum Gasteiger partial charge on any atom is 0.412 e. The van der Waals surface area contributed by atoms with Crippen molar-refractivity contribution in [3.05, 3.63) is 41.3 Å². The van der Waals surface area contributed by atoms with Crippen LogP contribution in [-0.2, 0) is 6.54 Å². The largest absolute Gasteiger partial charge is 0.494 e. The molecule has 1 aromatic heterocycles. The van der Waals surface area contributed by atoms with Crippen molar-refractivity contribution in [3.8, 4) is 11.6 Å². The lowest BCUT2D eigenvalue weighted by Crippen LogP contribution is -2.38. The number of nitrogens with zero attached hydrogens (tertiary/aromatic N) is 2. The third kappa shape index (κ3) is 3.37. The molecule has 3 rings (SSSR count). The minimum Gasteiger partial charge on any atom is -0.494 e. The number of nitrogens with one attached hydrogen (secondary N) is 1. The Kier molecular flexibility index (Phi) is 4.27. The van der Waals surface area contributed by atoms with Gasteiger partial charge in [-0.05, 0) is 17.7 Å². The molecule has 6 nitrogen and oxygen atoms in total. The highest BCUT2D eigenvalue weighted by molar-refractivity contribution is 5.93. The maximum atomic E-state index is 13.7. The van der Waals surface area contributed by atoms with E-state index in [4.69, 9.17) is 4.74 Å². The number of rotatable bonds is 4. The van der Waals surface area contributed by atoms with Gasteiger partial charge in [-0.1, -0.05) is 6.07 Å². The number of alkyl halides is 3. The van der Waals surface area contributed by atoms with Crippen LogP contribution < -0.4 is 14.8 Å². The topological polar surface area (TPSA) is 65.4 Å². The number of amides is 1. The van der Waals surface area contributed by atoms with Crippen LogP contribution in [0.1, 0.15) is 22.1 Å². The van der Waals surface area contributed by atoms with Crippen molar-refractivity contribution in [2.45, 2.75) is 18.8 Å². The van der Waals surface area contributed by atoms with Gasteiger partial charge in [0.25, 0.3) is 5.91 Å². The number of carbonyl (C=O) groups excluding carboxylic acids is 1. The molecule has 0 saturated heterocycles. The molecule has 1 aliphatic heterocycles. The summed E-state index contributed by atoms with van der Waals surface area (Å²) in [5, 5.41) is 5.72. The fraction of sp³-hybridized carbons (Fsp3) is 0.333. The zero-order valence-corrected chi connectivity index (χ0v) is 12.9. The number of aromatic nitrogens is 2. The molecule has 2 heterocycles. The van der Waals surface area contributed by atoms with Crippen LogP contribution >= 0.6 is 0 Å². The summed E-state index contributed by atoms with van der Waals surface area (Å²) in [7, 11) is 1.20. The average Bonchev–Trinajstić information content (AvgIpc) is 3.12. The van der Waals surface area contributed by atoms with Crippen molar-refractivity contribution in [1.29, 1.82) is 0 Å². The first-order valence-electron chi connectivity index (χ1n) is 7.21. The molecule has 0 radical (unpaired) electrons. The van der Waals surface area contributed by atoms with Gasteiger partial charge in [0.2, 0.25) is 5.88 Å². The SMILES string of the molecule is COc1ccc(C(NC(=O)c2cc3n(n2)CCO3)C(F)(F)F)cc1F. The first-order valence-corrected chi connectivity index (χ1v) is 7.21. The lowest BCUT2D eigenvalue weighted by molar-refractivity contribution is -0.155. The summed E-state index contributed by atoms with van der Waals surface area (Å²) in [5.41, 5.74) is -0.667. The van der Waals surface area contributed by atoms with Crippen LogP contribution in [0.3, 0.4) is 0 Å². The molecule has 1 amide bonds. The van der Waals surface area contributed by atoms with E-state index < -0.39 is 29.5 Å². The summed E-state index contributed by atoms with van der Waals surface area (Å²) < 4.78 is 65.0. The molecular formula is C15H13F4N3O3. The lowest BCUT2D eigenvalue weighted by Gasteiger charge is -2.22. The van der Waals surface area contributed by atoms with Crippen molar-refractivity contribution in [3.63, 3.8) is 0 Å². The van der Waals surface area contributed by atoms with Crippen molar-refractivity contribution in [2.75, 3.05) is 13.7 Å². The molecule has 1 unspecified atom stereocenters. The van der Waals surface area contributed by atoms with E-state index in [0.717, 1.165) is 12.1 Å². The minimum atomic E-state index is -4.82. The van der Waals surface area contributed by atoms with Gasteiger partial charge in [0.1, 0.15) is 6.61 Å². The number of halogens is 4. The molecular weight excluding hydrogens is 346 g/mol. The first-order chi connectivity index (χ1) is 11.8. The molecule has 1 aromatic carbocycles. The molecule has 0 spiro atoms. The highest BCUT2D eigenvalue weighted by atomic mass is 19.4. The van der Waals surface area contributed by atoms with E-state index >= 15 is 0 Å². The number of benzene rings is 1. The number of carbonyl (C=O) groups is 1. The zero-order valence-electron chi connectivity index (χ0n) is 12.9. The van der Waals surface area contributed by atoms with Crippen LogP contribution in [0, 0.1) is 5.82 Å². The van der Waals surface area contributed by atoms with Gasteiger partial charge >= 0.3 is 6.18 Å². The molecule has 10 heteroatoms. The number of ether oxygens (including phenoxy) is 2. The van der Waals surface area contributed by atoms with Gasteiger partial charge in [-0.25, -0.2) is 9.07 Å². The molecule has 1 N–H and O–H groups in total. The van der Waals surface area contributed by atoms with E-state index in [0.29, 0.717) is 25.1 Å². The normalized spacial score (nSPS) is 14.6. The predicted octanol–water partition coefficient (Wildman–Crippen LogP) is 2.46. The van der Waals surface area contributed by atoms with E-state index in [2.05, 4.69) is 9.84 Å². The van der Waals surface area contributed by atoms with Crippen LogP contribution in [0.15, 0.2) is 24.3 Å². The Hall–Kier alpha value is -2.78. The van der Waals surface area contributed by atoms with Crippen LogP contribution in [0.2, 0.25) is 0 Å². The fourth-order valence-corrected chi connectivity index (χ4v) is 2.45. The van der Waals surface area contributed by atoms with Crippen molar-refractivity contribution >= 4 is 5.91 Å².